The third-order valence-corrected chi connectivity index (χ3v) is 3.42. The number of carbonyl (C=O) groups excluding carboxylic acids is 1. The molecule has 0 aliphatic heterocycles. The summed E-state index contributed by atoms with van der Waals surface area (Å²) in [4.78, 5) is 19.4. The molecule has 3 rings (SSSR count). The predicted octanol–water partition coefficient (Wildman–Crippen LogP) is 3.55. The van der Waals surface area contributed by atoms with Gasteiger partial charge in [-0.05, 0) is 35.9 Å². The number of nitrogens with one attached hydrogen (secondary N) is 2. The molecule has 0 atom stereocenters. The summed E-state index contributed by atoms with van der Waals surface area (Å²) in [5.41, 5.74) is 2.77. The van der Waals surface area contributed by atoms with Crippen molar-refractivity contribution in [1.29, 1.82) is 0 Å². The molecular weight excluding hydrogens is 298 g/mol. The van der Waals surface area contributed by atoms with E-state index in [0.29, 0.717) is 11.6 Å². The molecule has 0 aliphatic rings. The summed E-state index contributed by atoms with van der Waals surface area (Å²) in [7, 11) is 0. The molecule has 0 radical (unpaired) electrons. The van der Waals surface area contributed by atoms with Crippen molar-refractivity contribution in [2.24, 2.45) is 0 Å². The molecule has 0 saturated heterocycles. The number of hydrogen-bond acceptors (Lipinski definition) is 2. The van der Waals surface area contributed by atoms with Gasteiger partial charge in [0.15, 0.2) is 0 Å². The Morgan fingerprint density at radius 2 is 1.95 bits per heavy atom. The van der Waals surface area contributed by atoms with E-state index >= 15 is 0 Å². The number of rotatable bonds is 4. The monoisotopic (exact) mass is 311 g/mol. The van der Waals surface area contributed by atoms with Crippen LogP contribution in [-0.2, 0) is 11.3 Å². The molecular formula is C17H14ClN3O. The van der Waals surface area contributed by atoms with Gasteiger partial charge in [-0.2, -0.15) is 0 Å². The fraction of sp³-hybridized carbons (Fsp3) is 0.0588. The van der Waals surface area contributed by atoms with Crippen molar-refractivity contribution in [3.05, 3.63) is 71.0 Å². The summed E-state index contributed by atoms with van der Waals surface area (Å²) in [6.07, 6.45) is 3.23. The number of benzene rings is 2. The number of para-hydroxylation sites is 2. The Bertz CT molecular complexity index is 788. The lowest BCUT2D eigenvalue weighted by atomic mass is 10.2. The Morgan fingerprint density at radius 1 is 1.18 bits per heavy atom. The van der Waals surface area contributed by atoms with Gasteiger partial charge in [0.1, 0.15) is 5.82 Å². The second-order valence-electron chi connectivity index (χ2n) is 4.80. The number of aromatic nitrogens is 2. The predicted molar refractivity (Wildman–Crippen MR) is 88.4 cm³/mol. The average Bonchev–Trinajstić information content (AvgIpc) is 2.95. The highest BCUT2D eigenvalue weighted by Crippen LogP contribution is 2.11. The standard InChI is InChI=1S/C17H14ClN3O/c18-13-8-5-12(6-9-13)7-10-17(22)19-11-16-20-14-3-1-2-4-15(14)21-16/h1-10H,11H2,(H,19,22)(H,20,21). The fourth-order valence-corrected chi connectivity index (χ4v) is 2.19. The van der Waals surface area contributed by atoms with E-state index in [-0.39, 0.29) is 5.91 Å². The molecule has 5 heteroatoms. The Kier molecular flexibility index (Phi) is 4.21. The summed E-state index contributed by atoms with van der Waals surface area (Å²) in [6.45, 7) is 0.360. The molecule has 22 heavy (non-hydrogen) atoms. The van der Waals surface area contributed by atoms with Crippen LogP contribution in [0.15, 0.2) is 54.6 Å². The molecule has 0 spiro atoms. The van der Waals surface area contributed by atoms with Crippen molar-refractivity contribution in [3.8, 4) is 0 Å². The number of amides is 1. The quantitative estimate of drug-likeness (QED) is 0.724. The van der Waals surface area contributed by atoms with Gasteiger partial charge in [0.2, 0.25) is 5.91 Å². The topological polar surface area (TPSA) is 57.8 Å². The van der Waals surface area contributed by atoms with Crippen molar-refractivity contribution in [2.45, 2.75) is 6.54 Å². The lowest BCUT2D eigenvalue weighted by Crippen LogP contribution is -2.20. The molecule has 110 valence electrons. The summed E-state index contributed by atoms with van der Waals surface area (Å²) >= 11 is 5.81. The van der Waals surface area contributed by atoms with Crippen LogP contribution in [0.4, 0.5) is 0 Å². The first kappa shape index (κ1) is 14.4. The van der Waals surface area contributed by atoms with Crippen molar-refractivity contribution in [2.75, 3.05) is 0 Å². The van der Waals surface area contributed by atoms with Crippen LogP contribution in [0.5, 0.6) is 0 Å². The molecule has 0 bridgehead atoms. The normalized spacial score (nSPS) is 11.1. The first-order valence-electron chi connectivity index (χ1n) is 6.86. The van der Waals surface area contributed by atoms with Gasteiger partial charge < -0.3 is 10.3 Å². The summed E-state index contributed by atoms with van der Waals surface area (Å²) in [5.74, 6) is 0.560. The van der Waals surface area contributed by atoms with Gasteiger partial charge in [0.05, 0.1) is 17.6 Å². The minimum absolute atomic E-state index is 0.171. The molecule has 4 nitrogen and oxygen atoms in total. The molecule has 0 unspecified atom stereocenters. The van der Waals surface area contributed by atoms with Crippen molar-refractivity contribution in [1.82, 2.24) is 15.3 Å². The van der Waals surface area contributed by atoms with Gasteiger partial charge >= 0.3 is 0 Å². The molecule has 2 aromatic carbocycles. The van der Waals surface area contributed by atoms with E-state index in [4.69, 9.17) is 11.6 Å². The molecule has 0 saturated carbocycles. The lowest BCUT2D eigenvalue weighted by Gasteiger charge is -1.98. The van der Waals surface area contributed by atoms with Crippen LogP contribution >= 0.6 is 11.6 Å². The van der Waals surface area contributed by atoms with E-state index in [9.17, 15) is 4.79 Å². The number of halogens is 1. The Morgan fingerprint density at radius 3 is 2.73 bits per heavy atom. The zero-order chi connectivity index (χ0) is 15.4. The second kappa shape index (κ2) is 6.45. The zero-order valence-corrected chi connectivity index (χ0v) is 12.5. The van der Waals surface area contributed by atoms with E-state index in [1.807, 2.05) is 36.4 Å². The molecule has 0 fully saturated rings. The van der Waals surface area contributed by atoms with Gasteiger partial charge in [-0.25, -0.2) is 4.98 Å². The number of nitrogens with zero attached hydrogens (tertiary/aromatic N) is 1. The van der Waals surface area contributed by atoms with E-state index in [1.54, 1.807) is 18.2 Å². The van der Waals surface area contributed by atoms with Gasteiger partial charge in [0.25, 0.3) is 0 Å². The minimum atomic E-state index is -0.171. The maximum Gasteiger partial charge on any atom is 0.244 e. The number of imidazole rings is 1. The van der Waals surface area contributed by atoms with E-state index < -0.39 is 0 Å². The largest absolute Gasteiger partial charge is 0.345 e. The van der Waals surface area contributed by atoms with Crippen LogP contribution in [0.2, 0.25) is 5.02 Å². The SMILES string of the molecule is O=C(C=Cc1ccc(Cl)cc1)NCc1nc2ccccc2[nH]1. The highest BCUT2D eigenvalue weighted by molar-refractivity contribution is 6.30. The third kappa shape index (κ3) is 3.54. The number of fused-ring (bicyclic) bond motifs is 1. The van der Waals surface area contributed by atoms with Crippen molar-refractivity contribution < 1.29 is 4.79 Å². The molecule has 0 aliphatic carbocycles. The zero-order valence-electron chi connectivity index (χ0n) is 11.7. The number of hydrogen-bond donors (Lipinski definition) is 2. The van der Waals surface area contributed by atoms with Crippen LogP contribution in [0, 0.1) is 0 Å². The molecule has 3 aromatic rings. The van der Waals surface area contributed by atoms with Gasteiger partial charge in [-0.3, -0.25) is 4.79 Å². The molecule has 1 heterocycles. The summed E-state index contributed by atoms with van der Waals surface area (Å²) in [5, 5.41) is 3.47. The van der Waals surface area contributed by atoms with Crippen LogP contribution in [-0.4, -0.2) is 15.9 Å². The van der Waals surface area contributed by atoms with Gasteiger partial charge in [-0.1, -0.05) is 35.9 Å². The first-order valence-corrected chi connectivity index (χ1v) is 7.23. The maximum absolute atomic E-state index is 11.8. The van der Waals surface area contributed by atoms with E-state index in [2.05, 4.69) is 15.3 Å². The number of H-pyrrole nitrogens is 1. The number of aromatic amines is 1. The average molecular weight is 312 g/mol. The van der Waals surface area contributed by atoms with Crippen LogP contribution < -0.4 is 5.32 Å². The lowest BCUT2D eigenvalue weighted by molar-refractivity contribution is -0.116. The van der Waals surface area contributed by atoms with E-state index in [0.717, 1.165) is 22.4 Å². The molecule has 1 aromatic heterocycles. The second-order valence-corrected chi connectivity index (χ2v) is 5.24. The summed E-state index contributed by atoms with van der Waals surface area (Å²) < 4.78 is 0. The van der Waals surface area contributed by atoms with Gasteiger partial charge in [-0.15, -0.1) is 0 Å². The van der Waals surface area contributed by atoms with Crippen LogP contribution in [0.3, 0.4) is 0 Å². The van der Waals surface area contributed by atoms with Crippen LogP contribution in [0.1, 0.15) is 11.4 Å². The Hall–Kier alpha value is -2.59. The fourth-order valence-electron chi connectivity index (χ4n) is 2.06. The number of carbonyl (C=O) groups is 1. The summed E-state index contributed by atoms with van der Waals surface area (Å²) in [6, 6.07) is 15.0. The van der Waals surface area contributed by atoms with E-state index in [1.165, 1.54) is 6.08 Å². The Balaban J connectivity index is 1.58. The maximum atomic E-state index is 11.8. The molecule has 1 amide bonds. The third-order valence-electron chi connectivity index (χ3n) is 3.17. The minimum Gasteiger partial charge on any atom is -0.345 e. The highest BCUT2D eigenvalue weighted by Gasteiger charge is 2.02. The van der Waals surface area contributed by atoms with Gasteiger partial charge in [0, 0.05) is 11.1 Å². The van der Waals surface area contributed by atoms with Crippen molar-refractivity contribution >= 4 is 34.6 Å². The Labute approximate surface area is 132 Å². The molecule has 2 N–H and O–H groups in total. The first-order chi connectivity index (χ1) is 10.7. The highest BCUT2D eigenvalue weighted by atomic mass is 35.5. The van der Waals surface area contributed by atoms with Crippen LogP contribution in [0.25, 0.3) is 17.1 Å². The van der Waals surface area contributed by atoms with Crippen molar-refractivity contribution in [3.63, 3.8) is 0 Å². The smallest absolute Gasteiger partial charge is 0.244 e.